The van der Waals surface area contributed by atoms with E-state index in [9.17, 15) is 9.36 Å². The largest absolute Gasteiger partial charge is 0.485 e. The molecule has 0 aliphatic rings. The second kappa shape index (κ2) is 3.82. The fourth-order valence-electron chi connectivity index (χ4n) is 0.781. The van der Waals surface area contributed by atoms with Crippen molar-refractivity contribution in [2.75, 3.05) is 0 Å². The van der Waals surface area contributed by atoms with Gasteiger partial charge in [0.1, 0.15) is 5.75 Å². The zero-order valence-electron chi connectivity index (χ0n) is 7.38. The molecule has 0 radical (unpaired) electrons. The van der Waals surface area contributed by atoms with Gasteiger partial charge in [-0.1, -0.05) is 17.7 Å². The third kappa shape index (κ3) is 2.58. The quantitative estimate of drug-likeness (QED) is 0.757. The topological polar surface area (TPSA) is 83.8 Å². The Morgan fingerprint density at radius 2 is 1.86 bits per heavy atom. The van der Waals surface area contributed by atoms with Gasteiger partial charge in [-0.25, -0.2) is 9.36 Å². The smallest absolute Gasteiger partial charge is 0.471 e. The predicted molar refractivity (Wildman–Crippen MR) is 49.7 cm³/mol. The molecule has 0 amide bonds. The molecule has 1 atom stereocenters. The van der Waals surface area contributed by atoms with E-state index in [-0.39, 0.29) is 5.75 Å². The van der Waals surface area contributed by atoms with E-state index in [2.05, 4.69) is 4.52 Å². The standard InChI is InChI=1S/C8H9O5P/c1-6-2-4-7(5-3-6)13-14(11,12)8(9)10/h2-5H,1H3,(H,9,10)(H,11,12). The number of hydrogen-bond acceptors (Lipinski definition) is 3. The first-order chi connectivity index (χ1) is 6.42. The third-order valence-electron chi connectivity index (χ3n) is 1.49. The lowest BCUT2D eigenvalue weighted by atomic mass is 10.2. The fourth-order valence-corrected chi connectivity index (χ4v) is 1.27. The first-order valence-corrected chi connectivity index (χ1v) is 5.32. The van der Waals surface area contributed by atoms with Gasteiger partial charge >= 0.3 is 13.3 Å². The van der Waals surface area contributed by atoms with Gasteiger partial charge < -0.3 is 14.5 Å². The molecule has 0 saturated heterocycles. The second-order valence-electron chi connectivity index (χ2n) is 2.71. The molecule has 6 heteroatoms. The average molecular weight is 216 g/mol. The van der Waals surface area contributed by atoms with Gasteiger partial charge in [-0.05, 0) is 19.1 Å². The number of rotatable bonds is 3. The highest BCUT2D eigenvalue weighted by molar-refractivity contribution is 7.70. The number of carbonyl (C=O) groups is 1. The van der Waals surface area contributed by atoms with Crippen LogP contribution in [0.3, 0.4) is 0 Å². The van der Waals surface area contributed by atoms with Crippen LogP contribution in [0.25, 0.3) is 0 Å². The van der Waals surface area contributed by atoms with E-state index in [1.807, 2.05) is 6.92 Å². The van der Waals surface area contributed by atoms with Crippen LogP contribution >= 0.6 is 7.60 Å². The maximum Gasteiger partial charge on any atom is 0.485 e. The lowest BCUT2D eigenvalue weighted by molar-refractivity contribution is 0.209. The van der Waals surface area contributed by atoms with Crippen molar-refractivity contribution in [3.05, 3.63) is 29.8 Å². The first-order valence-electron chi connectivity index (χ1n) is 3.74. The fraction of sp³-hybridized carbons (Fsp3) is 0.125. The Labute approximate surface area is 80.5 Å². The first kappa shape index (κ1) is 10.8. The summed E-state index contributed by atoms with van der Waals surface area (Å²) in [4.78, 5) is 19.1. The highest BCUT2D eigenvalue weighted by atomic mass is 31.2. The summed E-state index contributed by atoms with van der Waals surface area (Å²) in [5.74, 6) is 0.0591. The molecule has 0 bridgehead atoms. The summed E-state index contributed by atoms with van der Waals surface area (Å²) in [6.45, 7) is 1.83. The van der Waals surface area contributed by atoms with E-state index in [4.69, 9.17) is 10.00 Å². The normalized spacial score (nSPS) is 14.4. The average Bonchev–Trinajstić information content (AvgIpc) is 2.08. The second-order valence-corrected chi connectivity index (χ2v) is 4.31. The number of hydrogen-bond donors (Lipinski definition) is 2. The van der Waals surface area contributed by atoms with Gasteiger partial charge in [-0.3, -0.25) is 0 Å². The Hall–Kier alpha value is -1.32. The van der Waals surface area contributed by atoms with Gasteiger partial charge in [0.25, 0.3) is 0 Å². The molecule has 14 heavy (non-hydrogen) atoms. The summed E-state index contributed by atoms with van der Waals surface area (Å²) in [6.07, 6.45) is 0. The Kier molecular flexibility index (Phi) is 2.93. The molecule has 0 aliphatic heterocycles. The van der Waals surface area contributed by atoms with Gasteiger partial charge in [0.15, 0.2) is 0 Å². The van der Waals surface area contributed by atoms with Crippen LogP contribution in [0.4, 0.5) is 4.79 Å². The lowest BCUT2D eigenvalue weighted by Gasteiger charge is -2.08. The van der Waals surface area contributed by atoms with Crippen LogP contribution in [0.1, 0.15) is 5.56 Å². The molecular formula is C8H9O5P. The molecule has 2 N–H and O–H groups in total. The van der Waals surface area contributed by atoms with Crippen LogP contribution in [0, 0.1) is 6.92 Å². The van der Waals surface area contributed by atoms with Crippen molar-refractivity contribution < 1.29 is 23.9 Å². The van der Waals surface area contributed by atoms with Crippen molar-refractivity contribution in [1.82, 2.24) is 0 Å². The number of benzene rings is 1. The summed E-state index contributed by atoms with van der Waals surface area (Å²) in [5, 5.41) is 8.32. The molecule has 0 spiro atoms. The van der Waals surface area contributed by atoms with Crippen LogP contribution in [-0.2, 0) is 4.57 Å². The molecular weight excluding hydrogens is 207 g/mol. The molecule has 76 valence electrons. The van der Waals surface area contributed by atoms with Gasteiger partial charge in [-0.2, -0.15) is 0 Å². The number of aryl methyl sites for hydroxylation is 1. The minimum atomic E-state index is -4.58. The SMILES string of the molecule is Cc1ccc(OP(=O)(O)C(=O)O)cc1. The van der Waals surface area contributed by atoms with Gasteiger partial charge in [0.05, 0.1) is 0 Å². The molecule has 1 rings (SSSR count). The molecule has 0 aliphatic carbocycles. The van der Waals surface area contributed by atoms with Crippen LogP contribution < -0.4 is 4.52 Å². The Balaban J connectivity index is 2.84. The molecule has 5 nitrogen and oxygen atoms in total. The van der Waals surface area contributed by atoms with Crippen molar-refractivity contribution in [2.45, 2.75) is 6.92 Å². The van der Waals surface area contributed by atoms with E-state index in [0.717, 1.165) is 5.56 Å². The third-order valence-corrected chi connectivity index (χ3v) is 2.43. The van der Waals surface area contributed by atoms with Crippen LogP contribution in [0.5, 0.6) is 5.75 Å². The molecule has 0 saturated carbocycles. The maximum absolute atomic E-state index is 10.9. The predicted octanol–water partition coefficient (Wildman–Crippen LogP) is 2.24. The van der Waals surface area contributed by atoms with Crippen molar-refractivity contribution in [1.29, 1.82) is 0 Å². The van der Waals surface area contributed by atoms with E-state index >= 15 is 0 Å². The minimum Gasteiger partial charge on any atom is -0.471 e. The Morgan fingerprint density at radius 3 is 2.29 bits per heavy atom. The molecule has 0 heterocycles. The van der Waals surface area contributed by atoms with E-state index in [1.165, 1.54) is 12.1 Å². The number of carboxylic acid groups (broad SMARTS) is 1. The minimum absolute atomic E-state index is 0.0591. The molecule has 1 unspecified atom stereocenters. The molecule has 0 aromatic heterocycles. The van der Waals surface area contributed by atoms with E-state index < -0.39 is 13.3 Å². The zero-order chi connectivity index (χ0) is 10.8. The van der Waals surface area contributed by atoms with Crippen LogP contribution in [0.2, 0.25) is 0 Å². The molecule has 1 aromatic rings. The summed E-state index contributed by atoms with van der Waals surface area (Å²) >= 11 is 0. The lowest BCUT2D eigenvalue weighted by Crippen LogP contribution is -2.01. The van der Waals surface area contributed by atoms with Crippen LogP contribution in [-0.4, -0.2) is 15.7 Å². The molecule has 0 fully saturated rings. The maximum atomic E-state index is 10.9. The van der Waals surface area contributed by atoms with Crippen molar-refractivity contribution >= 4 is 13.3 Å². The van der Waals surface area contributed by atoms with Crippen molar-refractivity contribution in [3.8, 4) is 5.75 Å². The summed E-state index contributed by atoms with van der Waals surface area (Å²) < 4.78 is 15.3. The highest BCUT2D eigenvalue weighted by Crippen LogP contribution is 2.42. The van der Waals surface area contributed by atoms with Gasteiger partial charge in [0.2, 0.25) is 0 Å². The Morgan fingerprint density at radius 1 is 1.36 bits per heavy atom. The van der Waals surface area contributed by atoms with Crippen LogP contribution in [0.15, 0.2) is 24.3 Å². The zero-order valence-corrected chi connectivity index (χ0v) is 8.27. The molecule has 1 aromatic carbocycles. The van der Waals surface area contributed by atoms with E-state index in [0.29, 0.717) is 0 Å². The van der Waals surface area contributed by atoms with E-state index in [1.54, 1.807) is 12.1 Å². The van der Waals surface area contributed by atoms with Gasteiger partial charge in [-0.15, -0.1) is 0 Å². The Bertz CT molecular complexity index is 383. The summed E-state index contributed by atoms with van der Waals surface area (Å²) in [7, 11) is -4.58. The highest BCUT2D eigenvalue weighted by Gasteiger charge is 2.31. The van der Waals surface area contributed by atoms with Crippen molar-refractivity contribution in [3.63, 3.8) is 0 Å². The summed E-state index contributed by atoms with van der Waals surface area (Å²) in [5.41, 5.74) is -0.918. The summed E-state index contributed by atoms with van der Waals surface area (Å²) in [6, 6.07) is 6.16. The monoisotopic (exact) mass is 216 g/mol. The van der Waals surface area contributed by atoms with Gasteiger partial charge in [0, 0.05) is 0 Å². The van der Waals surface area contributed by atoms with Crippen molar-refractivity contribution in [2.24, 2.45) is 0 Å².